The number of aromatic nitrogens is 4. The second-order valence-corrected chi connectivity index (χ2v) is 7.73. The molecule has 7 nitrogen and oxygen atoms in total. The molecule has 3 heterocycles. The van der Waals surface area contributed by atoms with Gasteiger partial charge in [-0.25, -0.2) is 14.6 Å². The van der Waals surface area contributed by atoms with Crippen LogP contribution in [-0.2, 0) is 19.6 Å². The van der Waals surface area contributed by atoms with Crippen molar-refractivity contribution in [2.75, 3.05) is 13.7 Å². The molecule has 0 aliphatic carbocycles. The Bertz CT molecular complexity index is 1250. The fourth-order valence-electron chi connectivity index (χ4n) is 3.66. The molecule has 0 saturated carbocycles. The predicted molar refractivity (Wildman–Crippen MR) is 119 cm³/mol. The molecule has 5 rings (SSSR count). The highest BCUT2D eigenvalue weighted by molar-refractivity contribution is 7.71. The van der Waals surface area contributed by atoms with Crippen LogP contribution < -0.4 is 4.74 Å². The Hall–Kier alpha value is -3.36. The van der Waals surface area contributed by atoms with Crippen molar-refractivity contribution in [2.45, 2.75) is 19.6 Å². The van der Waals surface area contributed by atoms with Crippen LogP contribution in [0.15, 0.2) is 65.2 Å². The van der Waals surface area contributed by atoms with Gasteiger partial charge < -0.3 is 9.15 Å². The van der Waals surface area contributed by atoms with Gasteiger partial charge in [0, 0.05) is 42.4 Å². The summed E-state index contributed by atoms with van der Waals surface area (Å²) in [6.45, 7) is 2.17. The number of ether oxygens (including phenoxy) is 1. The molecule has 4 aromatic rings. The Morgan fingerprint density at radius 3 is 2.65 bits per heavy atom. The van der Waals surface area contributed by atoms with Crippen LogP contribution in [0.2, 0.25) is 0 Å². The minimum absolute atomic E-state index is 0.354. The smallest absolute Gasteiger partial charge is 0.288 e. The van der Waals surface area contributed by atoms with Crippen LogP contribution in [0, 0.1) is 4.84 Å². The van der Waals surface area contributed by atoms with Crippen molar-refractivity contribution in [3.63, 3.8) is 0 Å². The van der Waals surface area contributed by atoms with Gasteiger partial charge in [0.05, 0.1) is 19.5 Å². The summed E-state index contributed by atoms with van der Waals surface area (Å²) in [5.41, 5.74) is 4.13. The maximum absolute atomic E-state index is 5.72. The summed E-state index contributed by atoms with van der Waals surface area (Å²) < 4.78 is 12.6. The zero-order chi connectivity index (χ0) is 21.2. The lowest BCUT2D eigenvalue weighted by atomic mass is 10.1. The minimum atomic E-state index is 0.354. The van der Waals surface area contributed by atoms with Crippen LogP contribution in [0.4, 0.5) is 0 Å². The molecular weight excluding hydrogens is 410 g/mol. The average Bonchev–Trinajstić information content (AvgIpc) is 3.19. The number of fused-ring (bicyclic) bond motifs is 1. The topological polar surface area (TPSA) is 69.2 Å². The quantitative estimate of drug-likeness (QED) is 0.435. The van der Waals surface area contributed by atoms with Gasteiger partial charge >= 0.3 is 0 Å². The van der Waals surface area contributed by atoms with E-state index in [-0.39, 0.29) is 0 Å². The lowest BCUT2D eigenvalue weighted by Gasteiger charge is -2.27. The van der Waals surface area contributed by atoms with Crippen LogP contribution >= 0.6 is 12.2 Å². The lowest BCUT2D eigenvalue weighted by Crippen LogP contribution is -2.33. The van der Waals surface area contributed by atoms with Gasteiger partial charge in [0.25, 0.3) is 4.84 Å². The molecule has 0 atom stereocenters. The number of hydrogen-bond donors (Lipinski definition) is 0. The standard InChI is InChI=1S/C23H21N5O2S/c1-29-19-9-7-17(8-10-19)22-26-28(23(31)30-22)15-27-12-11-20-18(14-27)13-24-21(25-20)16-5-3-2-4-6-16/h2-10,13H,11-12,14-15H2,1H3. The fraction of sp³-hybridized carbons (Fsp3) is 0.217. The summed E-state index contributed by atoms with van der Waals surface area (Å²) in [4.78, 5) is 12.0. The Kier molecular flexibility index (Phi) is 5.31. The Balaban J connectivity index is 1.31. The highest BCUT2D eigenvalue weighted by Crippen LogP contribution is 2.23. The van der Waals surface area contributed by atoms with Gasteiger partial charge in [0.1, 0.15) is 5.75 Å². The van der Waals surface area contributed by atoms with Gasteiger partial charge in [-0.15, -0.1) is 5.10 Å². The normalized spacial score (nSPS) is 13.7. The van der Waals surface area contributed by atoms with Crippen molar-refractivity contribution in [1.82, 2.24) is 24.6 Å². The number of methoxy groups -OCH3 is 1. The molecule has 8 heteroatoms. The van der Waals surface area contributed by atoms with E-state index in [2.05, 4.69) is 15.0 Å². The van der Waals surface area contributed by atoms with Crippen LogP contribution in [0.25, 0.3) is 22.8 Å². The molecule has 0 unspecified atom stereocenters. The van der Waals surface area contributed by atoms with Crippen LogP contribution in [-0.4, -0.2) is 38.3 Å². The monoisotopic (exact) mass is 431 g/mol. The van der Waals surface area contributed by atoms with E-state index in [0.29, 0.717) is 17.4 Å². The average molecular weight is 432 g/mol. The summed E-state index contributed by atoms with van der Waals surface area (Å²) in [5, 5.41) is 4.57. The van der Waals surface area contributed by atoms with Gasteiger partial charge in [-0.1, -0.05) is 30.3 Å². The van der Waals surface area contributed by atoms with Gasteiger partial charge in [0.2, 0.25) is 5.89 Å². The third-order valence-corrected chi connectivity index (χ3v) is 5.62. The van der Waals surface area contributed by atoms with E-state index in [4.69, 9.17) is 26.4 Å². The fourth-order valence-corrected chi connectivity index (χ4v) is 3.83. The first-order valence-electron chi connectivity index (χ1n) is 10.0. The maximum Gasteiger partial charge on any atom is 0.288 e. The SMILES string of the molecule is COc1ccc(-c2nn(CN3CCc4nc(-c5ccccc5)ncc4C3)c(=S)o2)cc1. The van der Waals surface area contributed by atoms with Crippen molar-refractivity contribution in [3.8, 4) is 28.6 Å². The number of nitrogens with zero attached hydrogens (tertiary/aromatic N) is 5. The van der Waals surface area contributed by atoms with Gasteiger partial charge in [-0.2, -0.15) is 0 Å². The van der Waals surface area contributed by atoms with E-state index in [1.807, 2.05) is 60.8 Å². The van der Waals surface area contributed by atoms with E-state index in [0.717, 1.165) is 53.5 Å². The molecule has 2 aromatic carbocycles. The maximum atomic E-state index is 5.72. The van der Waals surface area contributed by atoms with Crippen molar-refractivity contribution >= 4 is 12.2 Å². The molecule has 156 valence electrons. The van der Waals surface area contributed by atoms with Crippen LogP contribution in [0.5, 0.6) is 5.75 Å². The van der Waals surface area contributed by atoms with Crippen molar-refractivity contribution in [3.05, 3.63) is 76.9 Å². The molecule has 0 fully saturated rings. The van der Waals surface area contributed by atoms with Crippen molar-refractivity contribution in [2.24, 2.45) is 0 Å². The molecule has 0 saturated heterocycles. The first-order chi connectivity index (χ1) is 15.2. The summed E-state index contributed by atoms with van der Waals surface area (Å²) >= 11 is 5.40. The van der Waals surface area contributed by atoms with Crippen LogP contribution in [0.3, 0.4) is 0 Å². The highest BCUT2D eigenvalue weighted by atomic mass is 32.1. The molecule has 0 N–H and O–H groups in total. The zero-order valence-electron chi connectivity index (χ0n) is 17.1. The van der Waals surface area contributed by atoms with Gasteiger partial charge in [-0.05, 0) is 36.5 Å². The molecule has 0 radical (unpaired) electrons. The lowest BCUT2D eigenvalue weighted by molar-refractivity contribution is 0.184. The summed E-state index contributed by atoms with van der Waals surface area (Å²) in [5.74, 6) is 2.06. The predicted octanol–water partition coefficient (Wildman–Crippen LogP) is 4.35. The number of rotatable bonds is 5. The van der Waals surface area contributed by atoms with Gasteiger partial charge in [-0.3, -0.25) is 4.90 Å². The Morgan fingerprint density at radius 2 is 1.87 bits per heavy atom. The Labute approximate surface area is 185 Å². The molecule has 2 aromatic heterocycles. The number of benzene rings is 2. The van der Waals surface area contributed by atoms with Crippen molar-refractivity contribution < 1.29 is 9.15 Å². The molecule has 1 aliphatic rings. The van der Waals surface area contributed by atoms with Crippen LogP contribution in [0.1, 0.15) is 11.3 Å². The minimum Gasteiger partial charge on any atom is -0.497 e. The highest BCUT2D eigenvalue weighted by Gasteiger charge is 2.20. The Morgan fingerprint density at radius 1 is 1.06 bits per heavy atom. The van der Waals surface area contributed by atoms with E-state index >= 15 is 0 Å². The summed E-state index contributed by atoms with van der Waals surface area (Å²) in [7, 11) is 1.64. The first-order valence-corrected chi connectivity index (χ1v) is 10.5. The second-order valence-electron chi connectivity index (χ2n) is 7.38. The van der Waals surface area contributed by atoms with E-state index in [1.165, 1.54) is 0 Å². The zero-order valence-corrected chi connectivity index (χ0v) is 17.9. The molecule has 0 spiro atoms. The number of hydrogen-bond acceptors (Lipinski definition) is 7. The van der Waals surface area contributed by atoms with E-state index < -0.39 is 0 Å². The first kappa shape index (κ1) is 19.6. The van der Waals surface area contributed by atoms with E-state index in [1.54, 1.807) is 11.8 Å². The third-order valence-electron chi connectivity index (χ3n) is 5.32. The molecule has 31 heavy (non-hydrogen) atoms. The molecule has 0 amide bonds. The van der Waals surface area contributed by atoms with E-state index in [9.17, 15) is 0 Å². The summed E-state index contributed by atoms with van der Waals surface area (Å²) in [6.07, 6.45) is 2.79. The summed E-state index contributed by atoms with van der Waals surface area (Å²) in [6, 6.07) is 17.6. The largest absolute Gasteiger partial charge is 0.497 e. The van der Waals surface area contributed by atoms with Gasteiger partial charge in [0.15, 0.2) is 5.82 Å². The molecule has 0 bridgehead atoms. The van der Waals surface area contributed by atoms with Crippen molar-refractivity contribution in [1.29, 1.82) is 0 Å². The second kappa shape index (κ2) is 8.41. The third kappa shape index (κ3) is 4.12. The molecule has 1 aliphatic heterocycles. The molecular formula is C23H21N5O2S.